The number of carbonyl (C=O) groups is 1. The molecule has 2 aromatic carbocycles. The second-order valence-electron chi connectivity index (χ2n) is 8.39. The summed E-state index contributed by atoms with van der Waals surface area (Å²) in [6.45, 7) is 2.31. The Labute approximate surface area is 196 Å². The maximum absolute atomic E-state index is 13.2. The summed E-state index contributed by atoms with van der Waals surface area (Å²) in [6.07, 6.45) is 2.01. The van der Waals surface area contributed by atoms with E-state index in [0.717, 1.165) is 46.7 Å². The molecule has 1 amide bonds. The fourth-order valence-electron chi connectivity index (χ4n) is 4.53. The highest BCUT2D eigenvalue weighted by atomic mass is 32.2. The number of carbonyl (C=O) groups excluding carboxylic acids is 1. The van der Waals surface area contributed by atoms with Crippen molar-refractivity contribution in [1.82, 2.24) is 19.1 Å². The maximum atomic E-state index is 13.2. The van der Waals surface area contributed by atoms with Crippen molar-refractivity contribution >= 4 is 37.5 Å². The summed E-state index contributed by atoms with van der Waals surface area (Å²) in [4.78, 5) is 21.8. The fraction of sp³-hybridized carbons (Fsp3) is 0.391. The average Bonchev–Trinajstić information content (AvgIpc) is 3.46. The number of rotatable bonds is 5. The fourth-order valence-corrected chi connectivity index (χ4v) is 7.09. The van der Waals surface area contributed by atoms with Crippen LogP contribution in [0.25, 0.3) is 10.2 Å². The molecule has 3 aromatic rings. The Morgan fingerprint density at radius 1 is 1.03 bits per heavy atom. The van der Waals surface area contributed by atoms with Crippen LogP contribution in [-0.2, 0) is 14.8 Å². The van der Waals surface area contributed by atoms with Crippen LogP contribution in [0.15, 0.2) is 53.4 Å². The molecule has 0 saturated carbocycles. The first-order valence-electron chi connectivity index (χ1n) is 11.0. The monoisotopic (exact) mass is 488 g/mol. The van der Waals surface area contributed by atoms with Crippen molar-refractivity contribution in [2.45, 2.75) is 23.8 Å². The van der Waals surface area contributed by atoms with E-state index in [1.54, 1.807) is 16.2 Å². The van der Waals surface area contributed by atoms with Crippen LogP contribution in [0.1, 0.15) is 23.9 Å². The van der Waals surface area contributed by atoms with E-state index >= 15 is 0 Å². The van der Waals surface area contributed by atoms with Gasteiger partial charge in [-0.2, -0.15) is 4.31 Å². The van der Waals surface area contributed by atoms with Crippen molar-refractivity contribution in [2.75, 3.05) is 39.3 Å². The van der Waals surface area contributed by atoms with Crippen LogP contribution in [0, 0.1) is 5.82 Å². The first kappa shape index (κ1) is 22.4. The summed E-state index contributed by atoms with van der Waals surface area (Å²) in [5, 5.41) is 1.05. The second-order valence-corrected chi connectivity index (χ2v) is 11.4. The number of benzene rings is 2. The summed E-state index contributed by atoms with van der Waals surface area (Å²) in [6, 6.07) is 13.1. The van der Waals surface area contributed by atoms with Gasteiger partial charge >= 0.3 is 0 Å². The Morgan fingerprint density at radius 3 is 2.48 bits per heavy atom. The van der Waals surface area contributed by atoms with Gasteiger partial charge in [-0.25, -0.2) is 17.8 Å². The Kier molecular flexibility index (Phi) is 6.17. The molecule has 174 valence electrons. The molecule has 3 heterocycles. The molecule has 1 atom stereocenters. The van der Waals surface area contributed by atoms with Crippen LogP contribution >= 0.6 is 11.3 Å². The summed E-state index contributed by atoms with van der Waals surface area (Å²) >= 11 is 1.69. The molecule has 5 rings (SSSR count). The summed E-state index contributed by atoms with van der Waals surface area (Å²) in [5.41, 5.74) is 0.995. The normalized spacial score (nSPS) is 20.5. The van der Waals surface area contributed by atoms with Gasteiger partial charge in [-0.3, -0.25) is 9.69 Å². The third kappa shape index (κ3) is 4.52. The molecular weight excluding hydrogens is 463 g/mol. The van der Waals surface area contributed by atoms with Crippen LogP contribution in [0.3, 0.4) is 0 Å². The molecule has 2 fully saturated rings. The molecule has 0 spiro atoms. The molecule has 2 aliphatic rings. The van der Waals surface area contributed by atoms with Crippen molar-refractivity contribution in [3.8, 4) is 0 Å². The number of hydrogen-bond acceptors (Lipinski definition) is 6. The molecule has 0 radical (unpaired) electrons. The predicted molar refractivity (Wildman–Crippen MR) is 125 cm³/mol. The number of fused-ring (bicyclic) bond motifs is 1. The van der Waals surface area contributed by atoms with Gasteiger partial charge in [0.2, 0.25) is 15.9 Å². The minimum absolute atomic E-state index is 0.0156. The third-order valence-corrected chi connectivity index (χ3v) is 9.39. The number of likely N-dealkylation sites (tertiary alicyclic amines) is 1. The summed E-state index contributed by atoms with van der Waals surface area (Å²) < 4.78 is 41.3. The van der Waals surface area contributed by atoms with E-state index in [1.165, 1.54) is 16.4 Å². The number of amides is 1. The molecule has 33 heavy (non-hydrogen) atoms. The van der Waals surface area contributed by atoms with Crippen LogP contribution in [0.4, 0.5) is 4.39 Å². The lowest BCUT2D eigenvalue weighted by molar-refractivity contribution is -0.133. The van der Waals surface area contributed by atoms with Gasteiger partial charge in [0.1, 0.15) is 10.8 Å². The minimum Gasteiger partial charge on any atom is -0.339 e. The number of halogens is 1. The predicted octanol–water partition coefficient (Wildman–Crippen LogP) is 3.11. The van der Waals surface area contributed by atoms with Crippen molar-refractivity contribution in [3.05, 3.63) is 59.4 Å². The number of nitrogens with zero attached hydrogens (tertiary/aromatic N) is 4. The van der Waals surface area contributed by atoms with Gasteiger partial charge < -0.3 is 4.90 Å². The molecule has 2 aliphatic heterocycles. The highest BCUT2D eigenvalue weighted by Crippen LogP contribution is 2.36. The summed E-state index contributed by atoms with van der Waals surface area (Å²) in [7, 11) is -3.70. The number of thiazole rings is 1. The Morgan fingerprint density at radius 2 is 1.76 bits per heavy atom. The van der Waals surface area contributed by atoms with Gasteiger partial charge in [-0.05, 0) is 55.8 Å². The SMILES string of the molecule is O=C(CN1CCC[C@@H]1c1nc2ccccc2s1)N1CCN(S(=O)(=O)c2ccc(F)cc2)CC1. The molecule has 0 unspecified atom stereocenters. The van der Waals surface area contributed by atoms with Gasteiger partial charge in [0.05, 0.1) is 27.7 Å². The number of para-hydroxylation sites is 1. The molecule has 7 nitrogen and oxygen atoms in total. The second kappa shape index (κ2) is 9.09. The molecule has 10 heteroatoms. The van der Waals surface area contributed by atoms with Crippen molar-refractivity contribution < 1.29 is 17.6 Å². The van der Waals surface area contributed by atoms with E-state index in [2.05, 4.69) is 11.0 Å². The average molecular weight is 489 g/mol. The minimum atomic E-state index is -3.70. The topological polar surface area (TPSA) is 73.8 Å². The van der Waals surface area contributed by atoms with Gasteiger partial charge in [0.15, 0.2) is 0 Å². The lowest BCUT2D eigenvalue weighted by Gasteiger charge is -2.35. The quantitative estimate of drug-likeness (QED) is 0.552. The lowest BCUT2D eigenvalue weighted by atomic mass is 10.2. The van der Waals surface area contributed by atoms with E-state index in [0.29, 0.717) is 19.6 Å². The van der Waals surface area contributed by atoms with Crippen molar-refractivity contribution in [2.24, 2.45) is 0 Å². The first-order chi connectivity index (χ1) is 15.9. The smallest absolute Gasteiger partial charge is 0.243 e. The largest absolute Gasteiger partial charge is 0.339 e. The standard InChI is InChI=1S/C23H25FN4O3S2/c24-17-7-9-18(10-8-17)33(30,31)28-14-12-26(13-15-28)22(29)16-27-11-3-5-20(27)23-25-19-4-1-2-6-21(19)32-23/h1-2,4,6-10,20H,3,5,11-16H2/t20-/m1/s1. The van der Waals surface area contributed by atoms with Gasteiger partial charge in [0, 0.05) is 26.2 Å². The number of aromatic nitrogens is 1. The molecule has 2 saturated heterocycles. The maximum Gasteiger partial charge on any atom is 0.243 e. The summed E-state index contributed by atoms with van der Waals surface area (Å²) in [5.74, 6) is -0.461. The molecule has 0 N–H and O–H groups in total. The van der Waals surface area contributed by atoms with Crippen LogP contribution in [-0.4, -0.2) is 72.7 Å². The zero-order chi connectivity index (χ0) is 23.0. The highest BCUT2D eigenvalue weighted by Gasteiger charge is 2.34. The Balaban J connectivity index is 1.21. The molecule has 1 aromatic heterocycles. The molecule has 0 bridgehead atoms. The van der Waals surface area contributed by atoms with Gasteiger partial charge in [-0.1, -0.05) is 12.1 Å². The van der Waals surface area contributed by atoms with Crippen LogP contribution in [0.2, 0.25) is 0 Å². The Bertz CT molecular complexity index is 1220. The first-order valence-corrected chi connectivity index (χ1v) is 13.3. The number of hydrogen-bond donors (Lipinski definition) is 0. The van der Waals surface area contributed by atoms with Crippen LogP contribution < -0.4 is 0 Å². The number of sulfonamides is 1. The van der Waals surface area contributed by atoms with E-state index in [-0.39, 0.29) is 29.9 Å². The Hall–Kier alpha value is -2.40. The highest BCUT2D eigenvalue weighted by molar-refractivity contribution is 7.89. The van der Waals surface area contributed by atoms with E-state index in [1.807, 2.05) is 18.2 Å². The molecular formula is C23H25FN4O3S2. The lowest BCUT2D eigenvalue weighted by Crippen LogP contribution is -2.52. The van der Waals surface area contributed by atoms with E-state index in [4.69, 9.17) is 4.98 Å². The van der Waals surface area contributed by atoms with Gasteiger partial charge in [0.25, 0.3) is 0 Å². The zero-order valence-electron chi connectivity index (χ0n) is 18.1. The van der Waals surface area contributed by atoms with Crippen LogP contribution in [0.5, 0.6) is 0 Å². The number of piperazine rings is 1. The zero-order valence-corrected chi connectivity index (χ0v) is 19.7. The third-order valence-electron chi connectivity index (χ3n) is 6.34. The molecule has 0 aliphatic carbocycles. The van der Waals surface area contributed by atoms with E-state index in [9.17, 15) is 17.6 Å². The van der Waals surface area contributed by atoms with Gasteiger partial charge in [-0.15, -0.1) is 11.3 Å². The van der Waals surface area contributed by atoms with Crippen molar-refractivity contribution in [1.29, 1.82) is 0 Å². The van der Waals surface area contributed by atoms with E-state index < -0.39 is 15.8 Å². The van der Waals surface area contributed by atoms with Crippen molar-refractivity contribution in [3.63, 3.8) is 0 Å².